The Kier molecular flexibility index (Phi) is 5.91. The van der Waals surface area contributed by atoms with E-state index in [2.05, 4.69) is 30.1 Å². The Morgan fingerprint density at radius 2 is 2.22 bits per heavy atom. The molecule has 1 heterocycles. The number of hydrogen-bond acceptors (Lipinski definition) is 3. The Bertz CT molecular complexity index is 293. The van der Waals surface area contributed by atoms with Crippen LogP contribution in [0.5, 0.6) is 0 Å². The molecule has 3 nitrogen and oxygen atoms in total. The van der Waals surface area contributed by atoms with Gasteiger partial charge in [0.25, 0.3) is 0 Å². The smallest absolute Gasteiger partial charge is 0.0759 e. The zero-order chi connectivity index (χ0) is 12.6. The van der Waals surface area contributed by atoms with Gasteiger partial charge in [-0.1, -0.05) is 23.8 Å². The molecule has 2 aliphatic rings. The first-order chi connectivity index (χ1) is 8.84. The summed E-state index contributed by atoms with van der Waals surface area (Å²) in [5.41, 5.74) is 1.47. The van der Waals surface area contributed by atoms with Crippen LogP contribution in [0.15, 0.2) is 23.8 Å². The Morgan fingerprint density at radius 1 is 1.39 bits per heavy atom. The van der Waals surface area contributed by atoms with Gasteiger partial charge in [0.2, 0.25) is 0 Å². The number of hydrogen-bond donors (Lipinski definition) is 0. The van der Waals surface area contributed by atoms with Gasteiger partial charge in [-0.3, -0.25) is 4.90 Å². The largest absolute Gasteiger partial charge is 0.379 e. The molecule has 0 aromatic rings. The van der Waals surface area contributed by atoms with Crippen LogP contribution in [0.2, 0.25) is 0 Å². The van der Waals surface area contributed by atoms with Crippen molar-refractivity contribution in [3.8, 4) is 0 Å². The highest BCUT2D eigenvalue weighted by Crippen LogP contribution is 2.13. The predicted octanol–water partition coefficient (Wildman–Crippen LogP) is 2.39. The van der Waals surface area contributed by atoms with E-state index in [4.69, 9.17) is 9.47 Å². The van der Waals surface area contributed by atoms with E-state index >= 15 is 0 Å². The molecule has 18 heavy (non-hydrogen) atoms. The summed E-state index contributed by atoms with van der Waals surface area (Å²) < 4.78 is 11.3. The van der Waals surface area contributed by atoms with E-state index in [1.807, 2.05) is 0 Å². The Balaban J connectivity index is 1.63. The van der Waals surface area contributed by atoms with Gasteiger partial charge in [0.05, 0.1) is 25.9 Å². The minimum atomic E-state index is 0.301. The Hall–Kier alpha value is -0.640. The fraction of sp³-hybridized carbons (Fsp3) is 0.733. The molecule has 1 fully saturated rings. The zero-order valence-corrected chi connectivity index (χ0v) is 11.4. The van der Waals surface area contributed by atoms with E-state index in [-0.39, 0.29) is 0 Å². The van der Waals surface area contributed by atoms with Crippen LogP contribution in [0.25, 0.3) is 0 Å². The number of allylic oxidation sites excluding steroid dienone is 3. The van der Waals surface area contributed by atoms with Gasteiger partial charge in [0.15, 0.2) is 0 Å². The maximum Gasteiger partial charge on any atom is 0.0759 e. The first-order valence-electron chi connectivity index (χ1n) is 7.08. The fourth-order valence-electron chi connectivity index (χ4n) is 2.38. The molecule has 3 heteroatoms. The van der Waals surface area contributed by atoms with Gasteiger partial charge in [-0.15, -0.1) is 0 Å². The van der Waals surface area contributed by atoms with Crippen molar-refractivity contribution in [2.24, 2.45) is 0 Å². The normalized spacial score (nSPS) is 31.2. The van der Waals surface area contributed by atoms with Crippen molar-refractivity contribution in [3.63, 3.8) is 0 Å². The van der Waals surface area contributed by atoms with E-state index in [0.717, 1.165) is 58.7 Å². The molecule has 102 valence electrons. The monoisotopic (exact) mass is 251 g/mol. The fourth-order valence-corrected chi connectivity index (χ4v) is 2.38. The lowest BCUT2D eigenvalue weighted by Crippen LogP contribution is -2.38. The summed E-state index contributed by atoms with van der Waals surface area (Å²) in [7, 11) is 0. The summed E-state index contributed by atoms with van der Waals surface area (Å²) in [6.07, 6.45) is 10.4. The second-order valence-corrected chi connectivity index (χ2v) is 5.12. The topological polar surface area (TPSA) is 21.7 Å². The highest BCUT2D eigenvalue weighted by Gasteiger charge is 2.11. The van der Waals surface area contributed by atoms with Crippen LogP contribution in [0, 0.1) is 0 Å². The third-order valence-electron chi connectivity index (χ3n) is 3.58. The van der Waals surface area contributed by atoms with Gasteiger partial charge in [0, 0.05) is 19.6 Å². The lowest BCUT2D eigenvalue weighted by atomic mass is 10.1. The van der Waals surface area contributed by atoms with Crippen molar-refractivity contribution in [1.82, 2.24) is 4.90 Å². The summed E-state index contributed by atoms with van der Waals surface area (Å²) in [4.78, 5) is 2.42. The first-order valence-corrected chi connectivity index (χ1v) is 7.08. The summed E-state index contributed by atoms with van der Waals surface area (Å²) >= 11 is 0. The number of morpholine rings is 1. The quantitative estimate of drug-likeness (QED) is 0.716. The molecule has 0 bridgehead atoms. The molecule has 0 radical (unpaired) electrons. The molecule has 0 amide bonds. The molecule has 1 unspecified atom stereocenters. The minimum absolute atomic E-state index is 0.301. The summed E-state index contributed by atoms with van der Waals surface area (Å²) in [6.45, 7) is 7.89. The van der Waals surface area contributed by atoms with Crippen LogP contribution in [0.1, 0.15) is 26.2 Å². The van der Waals surface area contributed by atoms with Gasteiger partial charge in [-0.05, 0) is 26.2 Å². The van der Waals surface area contributed by atoms with Crippen molar-refractivity contribution >= 4 is 0 Å². The van der Waals surface area contributed by atoms with Gasteiger partial charge in [0.1, 0.15) is 0 Å². The molecule has 1 atom stereocenters. The van der Waals surface area contributed by atoms with Crippen LogP contribution in [0.3, 0.4) is 0 Å². The molecular formula is C15H25NO2. The lowest BCUT2D eigenvalue weighted by Gasteiger charge is -2.27. The van der Waals surface area contributed by atoms with E-state index in [9.17, 15) is 0 Å². The van der Waals surface area contributed by atoms with E-state index < -0.39 is 0 Å². The van der Waals surface area contributed by atoms with Crippen molar-refractivity contribution < 1.29 is 9.47 Å². The van der Waals surface area contributed by atoms with E-state index in [1.54, 1.807) is 0 Å². The standard InChI is InChI=1S/C15H25NO2/c1-14-4-2-6-15(7-3-5-14)18-13-10-16-8-11-17-12-9-16/h2,5-6,15H,3-4,7-13H2,1H3/b6-2-,14-5-. The summed E-state index contributed by atoms with van der Waals surface area (Å²) in [6, 6.07) is 0. The SMILES string of the molecule is C/C1=C/CCC(OCCN2CCOCC2)/C=C\C1. The van der Waals surface area contributed by atoms with Crippen LogP contribution < -0.4 is 0 Å². The van der Waals surface area contributed by atoms with Gasteiger partial charge in [-0.2, -0.15) is 0 Å². The second-order valence-electron chi connectivity index (χ2n) is 5.12. The van der Waals surface area contributed by atoms with Crippen LogP contribution in [0.4, 0.5) is 0 Å². The van der Waals surface area contributed by atoms with Gasteiger partial charge < -0.3 is 9.47 Å². The number of ether oxygens (including phenoxy) is 2. The van der Waals surface area contributed by atoms with Crippen molar-refractivity contribution in [2.75, 3.05) is 39.5 Å². The predicted molar refractivity (Wildman–Crippen MR) is 73.7 cm³/mol. The molecular weight excluding hydrogens is 226 g/mol. The lowest BCUT2D eigenvalue weighted by molar-refractivity contribution is 0.0101. The minimum Gasteiger partial charge on any atom is -0.379 e. The average molecular weight is 251 g/mol. The molecule has 0 aromatic heterocycles. The Morgan fingerprint density at radius 3 is 3.06 bits per heavy atom. The maximum absolute atomic E-state index is 5.96. The molecule has 0 spiro atoms. The van der Waals surface area contributed by atoms with Crippen molar-refractivity contribution in [1.29, 1.82) is 0 Å². The summed E-state index contributed by atoms with van der Waals surface area (Å²) in [5, 5.41) is 0. The van der Waals surface area contributed by atoms with E-state index in [0.29, 0.717) is 6.10 Å². The van der Waals surface area contributed by atoms with Crippen LogP contribution in [-0.2, 0) is 9.47 Å². The van der Waals surface area contributed by atoms with Gasteiger partial charge in [-0.25, -0.2) is 0 Å². The number of rotatable bonds is 4. The van der Waals surface area contributed by atoms with Gasteiger partial charge >= 0.3 is 0 Å². The molecule has 1 aliphatic heterocycles. The molecule has 0 saturated carbocycles. The molecule has 1 saturated heterocycles. The maximum atomic E-state index is 5.96. The van der Waals surface area contributed by atoms with Crippen molar-refractivity contribution in [2.45, 2.75) is 32.3 Å². The average Bonchev–Trinajstić information content (AvgIpc) is 2.37. The van der Waals surface area contributed by atoms with Crippen LogP contribution in [-0.4, -0.2) is 50.5 Å². The van der Waals surface area contributed by atoms with Crippen LogP contribution >= 0.6 is 0 Å². The second kappa shape index (κ2) is 7.72. The third kappa shape index (κ3) is 4.92. The zero-order valence-electron chi connectivity index (χ0n) is 11.4. The van der Waals surface area contributed by atoms with E-state index in [1.165, 1.54) is 5.57 Å². The third-order valence-corrected chi connectivity index (χ3v) is 3.58. The first kappa shape index (κ1) is 13.8. The molecule has 0 aromatic carbocycles. The molecule has 1 aliphatic carbocycles. The molecule has 2 rings (SSSR count). The molecule has 0 N–H and O–H groups in total. The highest BCUT2D eigenvalue weighted by molar-refractivity contribution is 5.08. The van der Waals surface area contributed by atoms with Crippen molar-refractivity contribution in [3.05, 3.63) is 23.8 Å². The highest BCUT2D eigenvalue weighted by atomic mass is 16.5. The Labute approximate surface area is 110 Å². The summed E-state index contributed by atoms with van der Waals surface area (Å²) in [5.74, 6) is 0. The number of nitrogens with zero attached hydrogens (tertiary/aromatic N) is 1.